The highest BCUT2D eigenvalue weighted by molar-refractivity contribution is 7.15. The van der Waals surface area contributed by atoms with E-state index in [1.807, 2.05) is 0 Å². The number of hydrogen-bond acceptors (Lipinski definition) is 5. The van der Waals surface area contributed by atoms with Crippen molar-refractivity contribution in [3.63, 3.8) is 0 Å². The van der Waals surface area contributed by atoms with Gasteiger partial charge in [0.25, 0.3) is 11.5 Å². The molecule has 0 fully saturated rings. The van der Waals surface area contributed by atoms with Crippen LogP contribution in [-0.2, 0) is 0 Å². The first-order chi connectivity index (χ1) is 14.0. The van der Waals surface area contributed by atoms with E-state index < -0.39 is 11.5 Å². The molecule has 4 rings (SSSR count). The first-order valence-corrected chi connectivity index (χ1v) is 9.88. The van der Waals surface area contributed by atoms with Crippen LogP contribution in [-0.4, -0.2) is 21.1 Å². The monoisotopic (exact) mass is 423 g/mol. The molecule has 144 valence electrons. The van der Waals surface area contributed by atoms with Gasteiger partial charge in [-0.25, -0.2) is 4.98 Å². The van der Waals surface area contributed by atoms with Gasteiger partial charge in [0.1, 0.15) is 5.56 Å². The van der Waals surface area contributed by atoms with Gasteiger partial charge in [0.15, 0.2) is 10.7 Å². The van der Waals surface area contributed by atoms with E-state index in [1.165, 1.54) is 34.1 Å². The van der Waals surface area contributed by atoms with Crippen molar-refractivity contribution in [3.05, 3.63) is 97.9 Å². The molecule has 0 spiro atoms. The Labute approximate surface area is 174 Å². The fourth-order valence-corrected chi connectivity index (χ4v) is 3.93. The number of amides is 1. The van der Waals surface area contributed by atoms with Crippen LogP contribution in [0.25, 0.3) is 4.96 Å². The minimum atomic E-state index is -0.646. The van der Waals surface area contributed by atoms with Crippen molar-refractivity contribution in [1.82, 2.24) is 9.38 Å². The quantitative estimate of drug-likeness (QED) is 0.499. The van der Waals surface area contributed by atoms with Gasteiger partial charge >= 0.3 is 0 Å². The van der Waals surface area contributed by atoms with Crippen LogP contribution in [0.2, 0.25) is 5.02 Å². The summed E-state index contributed by atoms with van der Waals surface area (Å²) >= 11 is 7.39. The van der Waals surface area contributed by atoms with Crippen LogP contribution in [0, 0.1) is 6.92 Å². The van der Waals surface area contributed by atoms with E-state index >= 15 is 0 Å². The number of anilines is 1. The van der Waals surface area contributed by atoms with Gasteiger partial charge in [0, 0.05) is 33.4 Å². The van der Waals surface area contributed by atoms with Gasteiger partial charge in [-0.1, -0.05) is 41.9 Å². The summed E-state index contributed by atoms with van der Waals surface area (Å²) in [6.07, 6.45) is 1.25. The van der Waals surface area contributed by atoms with Gasteiger partial charge < -0.3 is 5.32 Å². The third-order valence-electron chi connectivity index (χ3n) is 4.37. The summed E-state index contributed by atoms with van der Waals surface area (Å²) in [5.41, 5.74) is 1.08. The number of fused-ring (bicyclic) bond motifs is 1. The largest absolute Gasteiger partial charge is 0.321 e. The van der Waals surface area contributed by atoms with E-state index in [2.05, 4.69) is 10.3 Å². The molecule has 0 bridgehead atoms. The standard InChI is InChI=1S/C21H14ClN3O3S/c1-12-11-29-21-23-10-16(20(28)25(12)21)19(27)24-17-8-7-14(22)9-15(17)18(26)13-5-3-2-4-6-13/h2-11H,1H3,(H,24,27). The average molecular weight is 424 g/mol. The molecule has 0 unspecified atom stereocenters. The zero-order chi connectivity index (χ0) is 20.5. The van der Waals surface area contributed by atoms with E-state index in [4.69, 9.17) is 11.6 Å². The maximum atomic E-state index is 12.9. The molecule has 0 aliphatic heterocycles. The van der Waals surface area contributed by atoms with Gasteiger partial charge in [-0.3, -0.25) is 18.8 Å². The fourth-order valence-electron chi connectivity index (χ4n) is 2.93. The molecule has 6 nitrogen and oxygen atoms in total. The van der Waals surface area contributed by atoms with E-state index in [9.17, 15) is 14.4 Å². The van der Waals surface area contributed by atoms with Crippen molar-refractivity contribution in [2.45, 2.75) is 6.92 Å². The number of rotatable bonds is 4. The molecule has 2 aromatic carbocycles. The van der Waals surface area contributed by atoms with Gasteiger partial charge in [-0.2, -0.15) is 0 Å². The summed E-state index contributed by atoms with van der Waals surface area (Å²) in [4.78, 5) is 43.1. The summed E-state index contributed by atoms with van der Waals surface area (Å²) < 4.78 is 1.39. The Hall–Kier alpha value is -3.29. The van der Waals surface area contributed by atoms with E-state index in [1.54, 1.807) is 48.7 Å². The minimum Gasteiger partial charge on any atom is -0.321 e. The average Bonchev–Trinajstić information content (AvgIpc) is 3.11. The maximum absolute atomic E-state index is 12.9. The second-order valence-corrected chi connectivity index (χ2v) is 7.58. The van der Waals surface area contributed by atoms with Crippen LogP contribution in [0.1, 0.15) is 32.0 Å². The predicted octanol–water partition coefficient (Wildman–Crippen LogP) is 4.20. The van der Waals surface area contributed by atoms with Gasteiger partial charge in [-0.15, -0.1) is 11.3 Å². The molecule has 1 amide bonds. The van der Waals surface area contributed by atoms with Crippen LogP contribution in [0.5, 0.6) is 0 Å². The Bertz CT molecular complexity index is 1310. The molecule has 2 heterocycles. The van der Waals surface area contributed by atoms with Crippen molar-refractivity contribution in [3.8, 4) is 0 Å². The second kappa shape index (κ2) is 7.62. The normalized spacial score (nSPS) is 10.8. The molecule has 0 saturated heterocycles. The molecule has 2 aromatic heterocycles. The van der Waals surface area contributed by atoms with Crippen molar-refractivity contribution < 1.29 is 9.59 Å². The van der Waals surface area contributed by atoms with Crippen molar-refractivity contribution >= 4 is 45.3 Å². The zero-order valence-electron chi connectivity index (χ0n) is 15.2. The number of nitrogens with zero attached hydrogens (tertiary/aromatic N) is 2. The third kappa shape index (κ3) is 3.57. The fraction of sp³-hybridized carbons (Fsp3) is 0.0476. The molecular weight excluding hydrogens is 410 g/mol. The summed E-state index contributed by atoms with van der Waals surface area (Å²) in [5, 5.41) is 4.81. The number of halogens is 1. The Morgan fingerprint density at radius 3 is 2.62 bits per heavy atom. The molecule has 8 heteroatoms. The van der Waals surface area contributed by atoms with Crippen molar-refractivity contribution in [1.29, 1.82) is 0 Å². The summed E-state index contributed by atoms with van der Waals surface area (Å²) in [5.74, 6) is -0.936. The van der Waals surface area contributed by atoms with Crippen LogP contribution in [0.3, 0.4) is 0 Å². The van der Waals surface area contributed by atoms with E-state index in [0.29, 0.717) is 21.2 Å². The molecule has 0 atom stereocenters. The molecule has 0 aliphatic carbocycles. The van der Waals surface area contributed by atoms with Crippen molar-refractivity contribution in [2.24, 2.45) is 0 Å². The smallest absolute Gasteiger partial charge is 0.271 e. The van der Waals surface area contributed by atoms with Crippen LogP contribution < -0.4 is 10.9 Å². The molecule has 0 radical (unpaired) electrons. The summed E-state index contributed by atoms with van der Waals surface area (Å²) in [6.45, 7) is 1.77. The minimum absolute atomic E-state index is 0.114. The number of aryl methyl sites for hydroxylation is 1. The first-order valence-electron chi connectivity index (χ1n) is 8.62. The third-order valence-corrected chi connectivity index (χ3v) is 5.56. The van der Waals surface area contributed by atoms with Crippen LogP contribution >= 0.6 is 22.9 Å². The predicted molar refractivity (Wildman–Crippen MR) is 113 cm³/mol. The molecule has 4 aromatic rings. The summed E-state index contributed by atoms with van der Waals surface area (Å²) in [6, 6.07) is 13.3. The van der Waals surface area contributed by atoms with Gasteiger partial charge in [0.05, 0.1) is 5.69 Å². The number of benzene rings is 2. The highest BCUT2D eigenvalue weighted by atomic mass is 35.5. The lowest BCUT2D eigenvalue weighted by atomic mass is 10.0. The Morgan fingerprint density at radius 2 is 1.86 bits per heavy atom. The number of nitrogens with one attached hydrogen (secondary N) is 1. The number of carbonyl (C=O) groups is 2. The maximum Gasteiger partial charge on any atom is 0.271 e. The van der Waals surface area contributed by atoms with Crippen molar-refractivity contribution in [2.75, 3.05) is 5.32 Å². The molecule has 0 saturated carbocycles. The Balaban J connectivity index is 1.73. The lowest BCUT2D eigenvalue weighted by Gasteiger charge is -2.11. The van der Waals surface area contributed by atoms with E-state index in [0.717, 1.165) is 0 Å². The Morgan fingerprint density at radius 1 is 1.10 bits per heavy atom. The van der Waals surface area contributed by atoms with E-state index in [-0.39, 0.29) is 22.6 Å². The molecular formula is C21H14ClN3O3S. The number of carbonyl (C=O) groups excluding carboxylic acids is 2. The van der Waals surface area contributed by atoms with Crippen LogP contribution in [0.15, 0.2) is 64.9 Å². The second-order valence-electron chi connectivity index (χ2n) is 6.31. The number of aromatic nitrogens is 2. The highest BCUT2D eigenvalue weighted by Gasteiger charge is 2.19. The Kier molecular flexibility index (Phi) is 5.00. The first kappa shape index (κ1) is 19.0. The van der Waals surface area contributed by atoms with Gasteiger partial charge in [-0.05, 0) is 25.1 Å². The number of ketones is 1. The number of thiazole rings is 1. The lowest BCUT2D eigenvalue weighted by molar-refractivity contribution is 0.102. The van der Waals surface area contributed by atoms with Gasteiger partial charge in [0.2, 0.25) is 0 Å². The number of hydrogen-bond donors (Lipinski definition) is 1. The molecule has 1 N–H and O–H groups in total. The topological polar surface area (TPSA) is 80.5 Å². The zero-order valence-corrected chi connectivity index (χ0v) is 16.8. The van der Waals surface area contributed by atoms with Crippen LogP contribution in [0.4, 0.5) is 5.69 Å². The SMILES string of the molecule is Cc1csc2ncc(C(=O)Nc3ccc(Cl)cc3C(=O)c3ccccc3)c(=O)n12. The highest BCUT2D eigenvalue weighted by Crippen LogP contribution is 2.24. The molecule has 29 heavy (non-hydrogen) atoms. The summed E-state index contributed by atoms with van der Waals surface area (Å²) in [7, 11) is 0. The molecule has 0 aliphatic rings. The lowest BCUT2D eigenvalue weighted by Crippen LogP contribution is -2.27.